The number of hydrogen-bond acceptors (Lipinski definition) is 3. The van der Waals surface area contributed by atoms with Gasteiger partial charge in [-0.2, -0.15) is 0 Å². The molecular formula is C29H24O3. The molecule has 0 amide bonds. The van der Waals surface area contributed by atoms with Crippen molar-refractivity contribution in [3.05, 3.63) is 95.1 Å². The fraction of sp³-hybridized carbons (Fsp3) is 0.138. The number of benzene rings is 4. The van der Waals surface area contributed by atoms with Gasteiger partial charge in [-0.3, -0.25) is 4.79 Å². The number of carbonyl (C=O) groups is 1. The number of hydrogen-bond donors (Lipinski definition) is 2. The molecule has 3 nitrogen and oxygen atoms in total. The summed E-state index contributed by atoms with van der Waals surface area (Å²) in [5.41, 5.74) is 9.38. The molecule has 0 bridgehead atoms. The highest BCUT2D eigenvalue weighted by Gasteiger charge is 2.19. The summed E-state index contributed by atoms with van der Waals surface area (Å²) >= 11 is 0. The summed E-state index contributed by atoms with van der Waals surface area (Å²) in [6.45, 7) is 3.80. The highest BCUT2D eigenvalue weighted by molar-refractivity contribution is 6.01. The maximum absolute atomic E-state index is 12.0. The van der Waals surface area contributed by atoms with Crippen molar-refractivity contribution in [3.8, 4) is 44.9 Å². The molecule has 3 heteroatoms. The Morgan fingerprint density at radius 3 is 2.06 bits per heavy atom. The summed E-state index contributed by atoms with van der Waals surface area (Å²) < 4.78 is 0. The largest absolute Gasteiger partial charge is 0.507 e. The summed E-state index contributed by atoms with van der Waals surface area (Å²) in [5.74, 6) is 0.765. The van der Waals surface area contributed by atoms with Crippen molar-refractivity contribution in [2.45, 2.75) is 26.7 Å². The molecule has 158 valence electrons. The Balaban J connectivity index is 1.56. The van der Waals surface area contributed by atoms with Gasteiger partial charge in [0.05, 0.1) is 0 Å². The number of rotatable bonds is 3. The van der Waals surface area contributed by atoms with Gasteiger partial charge in [0.25, 0.3) is 0 Å². The third-order valence-electron chi connectivity index (χ3n) is 6.35. The smallest absolute Gasteiger partial charge is 0.163 e. The van der Waals surface area contributed by atoms with Crippen LogP contribution in [0.25, 0.3) is 33.4 Å². The fourth-order valence-corrected chi connectivity index (χ4v) is 4.57. The van der Waals surface area contributed by atoms with Crippen LogP contribution in [0.5, 0.6) is 11.5 Å². The molecule has 5 rings (SSSR count). The Kier molecular flexibility index (Phi) is 4.82. The predicted octanol–water partition coefficient (Wildman–Crippen LogP) is 6.84. The van der Waals surface area contributed by atoms with Gasteiger partial charge in [0.1, 0.15) is 11.5 Å². The van der Waals surface area contributed by atoms with Gasteiger partial charge in [-0.1, -0.05) is 42.5 Å². The summed E-state index contributed by atoms with van der Waals surface area (Å²) in [4.78, 5) is 12.0. The highest BCUT2D eigenvalue weighted by Crippen LogP contribution is 2.37. The second kappa shape index (κ2) is 7.69. The normalized spacial score (nSPS) is 12.8. The van der Waals surface area contributed by atoms with E-state index in [-0.39, 0.29) is 11.5 Å². The second-order valence-corrected chi connectivity index (χ2v) is 8.57. The first kappa shape index (κ1) is 20.1. The van der Waals surface area contributed by atoms with Gasteiger partial charge >= 0.3 is 0 Å². The molecule has 0 heterocycles. The third kappa shape index (κ3) is 3.46. The Labute approximate surface area is 187 Å². The Morgan fingerprint density at radius 1 is 0.625 bits per heavy atom. The van der Waals surface area contributed by atoms with E-state index < -0.39 is 0 Å². The molecule has 0 saturated heterocycles. The van der Waals surface area contributed by atoms with E-state index in [0.717, 1.165) is 62.1 Å². The maximum Gasteiger partial charge on any atom is 0.163 e. The summed E-state index contributed by atoms with van der Waals surface area (Å²) in [6, 6.07) is 23.7. The Morgan fingerprint density at radius 2 is 1.28 bits per heavy atom. The average molecular weight is 421 g/mol. The van der Waals surface area contributed by atoms with Crippen LogP contribution in [0.4, 0.5) is 0 Å². The van der Waals surface area contributed by atoms with E-state index in [0.29, 0.717) is 12.2 Å². The number of fused-ring (bicyclic) bond motifs is 1. The van der Waals surface area contributed by atoms with Crippen molar-refractivity contribution in [2.75, 3.05) is 0 Å². The SMILES string of the molecule is Cc1cc(-c2cccc(-c3cc(-c4ccc5c(c4)CCC5=O)ccc3O)c2)cc(C)c1O. The van der Waals surface area contributed by atoms with Crippen molar-refractivity contribution in [1.29, 1.82) is 0 Å². The summed E-state index contributed by atoms with van der Waals surface area (Å²) in [6.07, 6.45) is 1.38. The van der Waals surface area contributed by atoms with Crippen LogP contribution in [0, 0.1) is 13.8 Å². The van der Waals surface area contributed by atoms with Gasteiger partial charge in [-0.25, -0.2) is 0 Å². The first-order valence-electron chi connectivity index (χ1n) is 10.8. The van der Waals surface area contributed by atoms with E-state index >= 15 is 0 Å². The Bertz CT molecular complexity index is 1360. The van der Waals surface area contributed by atoms with Crippen LogP contribution in [0.15, 0.2) is 72.8 Å². The maximum atomic E-state index is 12.0. The molecule has 0 fully saturated rings. The van der Waals surface area contributed by atoms with Crippen LogP contribution >= 0.6 is 0 Å². The van der Waals surface area contributed by atoms with E-state index in [1.165, 1.54) is 0 Å². The lowest BCUT2D eigenvalue weighted by atomic mass is 9.93. The number of aromatic hydroxyl groups is 2. The standard InChI is InChI=1S/C29H24O3/c1-17-12-24(13-18(2)29(17)32)19-4-3-5-22(14-19)26-16-21(7-10-28(26)31)20-6-9-25-23(15-20)8-11-27(25)30/h3-7,9-10,12-16,31-32H,8,11H2,1-2H3. The fourth-order valence-electron chi connectivity index (χ4n) is 4.57. The number of phenols is 2. The third-order valence-corrected chi connectivity index (χ3v) is 6.35. The predicted molar refractivity (Wildman–Crippen MR) is 128 cm³/mol. The van der Waals surface area contributed by atoms with Gasteiger partial charge in [-0.05, 0) is 95.1 Å². The van der Waals surface area contributed by atoms with Crippen molar-refractivity contribution in [2.24, 2.45) is 0 Å². The minimum atomic E-state index is 0.217. The molecule has 0 radical (unpaired) electrons. The molecule has 0 atom stereocenters. The van der Waals surface area contributed by atoms with Crippen LogP contribution in [0.2, 0.25) is 0 Å². The first-order valence-corrected chi connectivity index (χ1v) is 10.8. The molecule has 1 aliphatic rings. The first-order chi connectivity index (χ1) is 15.4. The van der Waals surface area contributed by atoms with Crippen molar-refractivity contribution in [1.82, 2.24) is 0 Å². The van der Waals surface area contributed by atoms with Gasteiger partial charge < -0.3 is 10.2 Å². The lowest BCUT2D eigenvalue weighted by Gasteiger charge is -2.12. The highest BCUT2D eigenvalue weighted by atomic mass is 16.3. The molecule has 32 heavy (non-hydrogen) atoms. The van der Waals surface area contributed by atoms with E-state index in [1.807, 2.05) is 68.4 Å². The number of carbonyl (C=O) groups excluding carboxylic acids is 1. The number of Topliss-reactive ketones (excluding diaryl/α,β-unsaturated/α-hetero) is 1. The quantitative estimate of drug-likeness (QED) is 0.381. The molecule has 4 aromatic carbocycles. The second-order valence-electron chi connectivity index (χ2n) is 8.57. The molecule has 0 saturated carbocycles. The molecule has 4 aromatic rings. The van der Waals surface area contributed by atoms with Gasteiger partial charge in [-0.15, -0.1) is 0 Å². The zero-order chi connectivity index (χ0) is 22.4. The molecule has 1 aliphatic carbocycles. The Hall–Kier alpha value is -3.85. The van der Waals surface area contributed by atoms with E-state index in [9.17, 15) is 15.0 Å². The van der Waals surface area contributed by atoms with Crippen LogP contribution in [0.1, 0.15) is 33.5 Å². The summed E-state index contributed by atoms with van der Waals surface area (Å²) in [5, 5.41) is 20.7. The number of aryl methyl sites for hydroxylation is 3. The molecule has 2 N–H and O–H groups in total. The lowest BCUT2D eigenvalue weighted by Crippen LogP contribution is -1.91. The topological polar surface area (TPSA) is 57.5 Å². The summed E-state index contributed by atoms with van der Waals surface area (Å²) in [7, 11) is 0. The molecule has 0 unspecified atom stereocenters. The van der Waals surface area contributed by atoms with E-state index in [1.54, 1.807) is 6.07 Å². The van der Waals surface area contributed by atoms with E-state index in [4.69, 9.17) is 0 Å². The molecule has 0 aliphatic heterocycles. The zero-order valence-electron chi connectivity index (χ0n) is 18.1. The molecule has 0 spiro atoms. The number of ketones is 1. The number of phenolic OH excluding ortho intramolecular Hbond substituents is 2. The molecule has 0 aromatic heterocycles. The monoisotopic (exact) mass is 420 g/mol. The minimum Gasteiger partial charge on any atom is -0.507 e. The van der Waals surface area contributed by atoms with Crippen LogP contribution < -0.4 is 0 Å². The zero-order valence-corrected chi connectivity index (χ0v) is 18.1. The lowest BCUT2D eigenvalue weighted by molar-refractivity contribution is 0.0994. The van der Waals surface area contributed by atoms with Crippen molar-refractivity contribution < 1.29 is 15.0 Å². The van der Waals surface area contributed by atoms with Gasteiger partial charge in [0.2, 0.25) is 0 Å². The molecular weight excluding hydrogens is 396 g/mol. The van der Waals surface area contributed by atoms with Gasteiger partial charge in [0.15, 0.2) is 5.78 Å². The van der Waals surface area contributed by atoms with Crippen molar-refractivity contribution in [3.63, 3.8) is 0 Å². The van der Waals surface area contributed by atoms with Crippen LogP contribution in [-0.4, -0.2) is 16.0 Å². The van der Waals surface area contributed by atoms with Gasteiger partial charge in [0, 0.05) is 17.5 Å². The van der Waals surface area contributed by atoms with Crippen LogP contribution in [-0.2, 0) is 6.42 Å². The average Bonchev–Trinajstić information content (AvgIpc) is 3.17. The minimum absolute atomic E-state index is 0.217. The van der Waals surface area contributed by atoms with Crippen LogP contribution in [0.3, 0.4) is 0 Å². The van der Waals surface area contributed by atoms with Crippen molar-refractivity contribution >= 4 is 5.78 Å². The van der Waals surface area contributed by atoms with E-state index in [2.05, 4.69) is 12.1 Å².